The molecule has 0 unspecified atom stereocenters. The van der Waals surface area contributed by atoms with Gasteiger partial charge in [-0.1, -0.05) is 20.8 Å². The van der Waals surface area contributed by atoms with Gasteiger partial charge in [0.05, 0.1) is 4.92 Å². The second kappa shape index (κ2) is 6.36. The van der Waals surface area contributed by atoms with Crippen LogP contribution in [0.5, 0.6) is 0 Å². The average Bonchev–Trinajstić information content (AvgIpc) is 2.35. The zero-order valence-electron chi connectivity index (χ0n) is 12.3. The van der Waals surface area contributed by atoms with Gasteiger partial charge in [0.2, 0.25) is 0 Å². The summed E-state index contributed by atoms with van der Waals surface area (Å²) in [4.78, 5) is 22.5. The largest absolute Gasteiger partial charge is 0.380 e. The maximum Gasteiger partial charge on any atom is 0.292 e. The first-order valence-electron chi connectivity index (χ1n) is 6.55. The van der Waals surface area contributed by atoms with Gasteiger partial charge in [-0.05, 0) is 24.5 Å². The van der Waals surface area contributed by atoms with E-state index in [9.17, 15) is 14.9 Å². The van der Waals surface area contributed by atoms with Crippen LogP contribution >= 0.6 is 0 Å². The molecule has 1 aromatic rings. The van der Waals surface area contributed by atoms with Gasteiger partial charge in [0, 0.05) is 24.7 Å². The third kappa shape index (κ3) is 4.53. The molecule has 0 aromatic heterocycles. The standard InChI is InChI=1S/C14H21N3O3/c1-5-15-11-8-10(6-7-12(11)17(19)20)13(18)16-9-14(2,3)4/h6-8,15H,5,9H2,1-4H3,(H,16,18). The molecule has 6 nitrogen and oxygen atoms in total. The minimum Gasteiger partial charge on any atom is -0.380 e. The van der Waals surface area contributed by atoms with Crippen molar-refractivity contribution in [2.45, 2.75) is 27.7 Å². The highest BCUT2D eigenvalue weighted by atomic mass is 16.6. The van der Waals surface area contributed by atoms with Gasteiger partial charge >= 0.3 is 0 Å². The summed E-state index contributed by atoms with van der Waals surface area (Å²) >= 11 is 0. The number of nitrogens with zero attached hydrogens (tertiary/aromatic N) is 1. The summed E-state index contributed by atoms with van der Waals surface area (Å²) in [6.07, 6.45) is 0. The molecule has 0 spiro atoms. The number of anilines is 1. The highest BCUT2D eigenvalue weighted by molar-refractivity contribution is 5.95. The first-order valence-corrected chi connectivity index (χ1v) is 6.55. The molecule has 0 atom stereocenters. The molecule has 0 radical (unpaired) electrons. The monoisotopic (exact) mass is 279 g/mol. The van der Waals surface area contributed by atoms with Crippen LogP contribution in [0.3, 0.4) is 0 Å². The van der Waals surface area contributed by atoms with Crippen LogP contribution in [0.1, 0.15) is 38.1 Å². The smallest absolute Gasteiger partial charge is 0.292 e. The van der Waals surface area contributed by atoms with Crippen LogP contribution in [-0.4, -0.2) is 23.9 Å². The van der Waals surface area contributed by atoms with E-state index >= 15 is 0 Å². The van der Waals surface area contributed by atoms with E-state index in [2.05, 4.69) is 10.6 Å². The van der Waals surface area contributed by atoms with Crippen molar-refractivity contribution in [3.05, 3.63) is 33.9 Å². The fraction of sp³-hybridized carbons (Fsp3) is 0.500. The Morgan fingerprint density at radius 3 is 2.50 bits per heavy atom. The Hall–Kier alpha value is -2.11. The Morgan fingerprint density at radius 1 is 1.35 bits per heavy atom. The van der Waals surface area contributed by atoms with E-state index in [-0.39, 0.29) is 17.0 Å². The second-order valence-corrected chi connectivity index (χ2v) is 5.76. The number of hydrogen-bond donors (Lipinski definition) is 2. The van der Waals surface area contributed by atoms with Gasteiger partial charge in [-0.15, -0.1) is 0 Å². The fourth-order valence-corrected chi connectivity index (χ4v) is 1.62. The van der Waals surface area contributed by atoms with Crippen molar-refractivity contribution in [1.82, 2.24) is 5.32 Å². The van der Waals surface area contributed by atoms with E-state index in [1.54, 1.807) is 0 Å². The number of hydrogen-bond acceptors (Lipinski definition) is 4. The number of carbonyl (C=O) groups excluding carboxylic acids is 1. The molecule has 110 valence electrons. The third-order valence-electron chi connectivity index (χ3n) is 2.60. The molecule has 0 bridgehead atoms. The van der Waals surface area contributed by atoms with Crippen LogP contribution in [0.2, 0.25) is 0 Å². The number of nitrogens with one attached hydrogen (secondary N) is 2. The predicted octanol–water partition coefficient (Wildman–Crippen LogP) is 2.80. The van der Waals surface area contributed by atoms with Gasteiger partial charge in [0.15, 0.2) is 0 Å². The van der Waals surface area contributed by atoms with E-state index in [1.807, 2.05) is 27.7 Å². The summed E-state index contributed by atoms with van der Waals surface area (Å²) in [5.74, 6) is -0.228. The van der Waals surface area contributed by atoms with Crippen LogP contribution in [0.4, 0.5) is 11.4 Å². The quantitative estimate of drug-likeness (QED) is 0.641. The topological polar surface area (TPSA) is 84.3 Å². The molecule has 2 N–H and O–H groups in total. The third-order valence-corrected chi connectivity index (χ3v) is 2.60. The summed E-state index contributed by atoms with van der Waals surface area (Å²) < 4.78 is 0. The SMILES string of the molecule is CCNc1cc(C(=O)NCC(C)(C)C)ccc1[N+](=O)[O-]. The van der Waals surface area contributed by atoms with Gasteiger partial charge in [-0.3, -0.25) is 14.9 Å². The van der Waals surface area contributed by atoms with Crippen molar-refractivity contribution in [1.29, 1.82) is 0 Å². The lowest BCUT2D eigenvalue weighted by Gasteiger charge is -2.18. The van der Waals surface area contributed by atoms with Crippen LogP contribution in [0, 0.1) is 15.5 Å². The molecule has 0 heterocycles. The summed E-state index contributed by atoms with van der Waals surface area (Å²) in [6, 6.07) is 4.33. The number of benzene rings is 1. The van der Waals surface area contributed by atoms with Crippen molar-refractivity contribution >= 4 is 17.3 Å². The van der Waals surface area contributed by atoms with Crippen LogP contribution in [-0.2, 0) is 0 Å². The molecular weight excluding hydrogens is 258 g/mol. The maximum atomic E-state index is 12.0. The van der Waals surface area contributed by atoms with E-state index < -0.39 is 4.92 Å². The highest BCUT2D eigenvalue weighted by Crippen LogP contribution is 2.25. The van der Waals surface area contributed by atoms with Gasteiger partial charge in [-0.25, -0.2) is 0 Å². The highest BCUT2D eigenvalue weighted by Gasteiger charge is 2.17. The number of carbonyl (C=O) groups is 1. The molecule has 1 rings (SSSR count). The zero-order valence-corrected chi connectivity index (χ0v) is 12.3. The summed E-state index contributed by atoms with van der Waals surface area (Å²) in [5.41, 5.74) is 0.733. The Kier molecular flexibility index (Phi) is 5.07. The van der Waals surface area contributed by atoms with Crippen molar-refractivity contribution in [3.8, 4) is 0 Å². The Balaban J connectivity index is 2.93. The van der Waals surface area contributed by atoms with Crippen molar-refractivity contribution in [2.24, 2.45) is 5.41 Å². The molecule has 1 aromatic carbocycles. The van der Waals surface area contributed by atoms with E-state index in [1.165, 1.54) is 18.2 Å². The average molecular weight is 279 g/mol. The van der Waals surface area contributed by atoms with E-state index in [4.69, 9.17) is 0 Å². The number of nitro benzene ring substituents is 1. The predicted molar refractivity (Wildman–Crippen MR) is 79.0 cm³/mol. The zero-order chi connectivity index (χ0) is 15.3. The molecule has 0 aliphatic heterocycles. The van der Waals surface area contributed by atoms with Crippen molar-refractivity contribution in [3.63, 3.8) is 0 Å². The first kappa shape index (κ1) is 15.9. The Labute approximate surface area is 118 Å². The van der Waals surface area contributed by atoms with Gasteiger partial charge < -0.3 is 10.6 Å². The number of rotatable bonds is 5. The minimum atomic E-state index is -0.463. The minimum absolute atomic E-state index is 0.0130. The Morgan fingerprint density at radius 2 is 2.00 bits per heavy atom. The molecule has 0 aliphatic rings. The molecule has 6 heteroatoms. The van der Waals surface area contributed by atoms with Gasteiger partial charge in [0.25, 0.3) is 11.6 Å². The molecule has 1 amide bonds. The Bertz CT molecular complexity index is 507. The van der Waals surface area contributed by atoms with Crippen molar-refractivity contribution in [2.75, 3.05) is 18.4 Å². The first-order chi connectivity index (χ1) is 9.24. The molecule has 0 aliphatic carbocycles. The van der Waals surface area contributed by atoms with Crippen LogP contribution in [0.25, 0.3) is 0 Å². The summed E-state index contributed by atoms with van der Waals surface area (Å²) in [6.45, 7) is 9.00. The maximum absolute atomic E-state index is 12.0. The van der Waals surface area contributed by atoms with Crippen LogP contribution < -0.4 is 10.6 Å². The fourth-order valence-electron chi connectivity index (χ4n) is 1.62. The molecule has 0 fully saturated rings. The molecule has 0 saturated carbocycles. The normalized spacial score (nSPS) is 11.0. The van der Waals surface area contributed by atoms with Crippen LogP contribution in [0.15, 0.2) is 18.2 Å². The van der Waals surface area contributed by atoms with Gasteiger partial charge in [0.1, 0.15) is 5.69 Å². The lowest BCUT2D eigenvalue weighted by Crippen LogP contribution is -2.32. The summed E-state index contributed by atoms with van der Waals surface area (Å²) in [5, 5.41) is 16.6. The van der Waals surface area contributed by atoms with Crippen molar-refractivity contribution < 1.29 is 9.72 Å². The molecular formula is C14H21N3O3. The second-order valence-electron chi connectivity index (χ2n) is 5.76. The van der Waals surface area contributed by atoms with E-state index in [0.29, 0.717) is 24.3 Å². The number of amides is 1. The van der Waals surface area contributed by atoms with E-state index in [0.717, 1.165) is 0 Å². The molecule has 0 saturated heterocycles. The van der Waals surface area contributed by atoms with Gasteiger partial charge in [-0.2, -0.15) is 0 Å². The lowest BCUT2D eigenvalue weighted by molar-refractivity contribution is -0.384. The number of nitro groups is 1. The molecule has 20 heavy (non-hydrogen) atoms. The summed E-state index contributed by atoms with van der Waals surface area (Å²) in [7, 11) is 0. The lowest BCUT2D eigenvalue weighted by atomic mass is 9.97.